The fraction of sp³-hybridized carbons (Fsp3) is 0.526. The quantitative estimate of drug-likeness (QED) is 0.695. The lowest BCUT2D eigenvalue weighted by Gasteiger charge is -2.46. The van der Waals surface area contributed by atoms with E-state index >= 15 is 0 Å². The molecule has 0 aromatic carbocycles. The number of hydrogen-bond donors (Lipinski definition) is 2. The second-order valence-electron chi connectivity index (χ2n) is 7.77. The molecule has 3 heterocycles. The Morgan fingerprint density at radius 3 is 2.89 bits per heavy atom. The van der Waals surface area contributed by atoms with Crippen molar-refractivity contribution in [3.05, 3.63) is 36.3 Å². The largest absolute Gasteiger partial charge is 0.465 e. The minimum Gasteiger partial charge on any atom is -0.465 e. The summed E-state index contributed by atoms with van der Waals surface area (Å²) in [7, 11) is 0. The van der Waals surface area contributed by atoms with Crippen LogP contribution in [-0.2, 0) is 5.75 Å². The van der Waals surface area contributed by atoms with E-state index in [9.17, 15) is 9.90 Å². The van der Waals surface area contributed by atoms with Gasteiger partial charge in [0, 0.05) is 24.5 Å². The summed E-state index contributed by atoms with van der Waals surface area (Å²) >= 11 is 3.33. The molecule has 1 aliphatic heterocycles. The molecule has 1 aliphatic rings. The number of carbonyl (C=O) groups is 1. The Balaban J connectivity index is 1.66. The Morgan fingerprint density at radius 1 is 1.41 bits per heavy atom. The van der Waals surface area contributed by atoms with Gasteiger partial charge in [0.05, 0.1) is 22.1 Å². The van der Waals surface area contributed by atoms with E-state index < -0.39 is 6.09 Å². The molecule has 3 rings (SSSR count). The number of thioether (sulfide) groups is 1. The van der Waals surface area contributed by atoms with Crippen molar-refractivity contribution >= 4 is 34.3 Å². The van der Waals surface area contributed by atoms with Gasteiger partial charge in [-0.2, -0.15) is 0 Å². The second kappa shape index (κ2) is 8.48. The van der Waals surface area contributed by atoms with E-state index in [0.717, 1.165) is 33.6 Å². The molecule has 6 nitrogen and oxygen atoms in total. The van der Waals surface area contributed by atoms with Crippen molar-refractivity contribution in [3.63, 3.8) is 0 Å². The molecule has 0 bridgehead atoms. The Bertz CT molecular complexity index is 761. The number of pyridine rings is 1. The Hall–Kier alpha value is -1.80. The molecule has 1 amide bonds. The molecule has 27 heavy (non-hydrogen) atoms. The van der Waals surface area contributed by atoms with Crippen molar-refractivity contribution in [3.8, 4) is 0 Å². The maximum Gasteiger partial charge on any atom is 0.407 e. The van der Waals surface area contributed by atoms with E-state index in [1.54, 1.807) is 34.2 Å². The minimum atomic E-state index is -0.841. The third kappa shape index (κ3) is 5.13. The van der Waals surface area contributed by atoms with Crippen molar-refractivity contribution in [2.75, 3.05) is 11.9 Å². The molecular weight excluding hydrogens is 380 g/mol. The van der Waals surface area contributed by atoms with Crippen molar-refractivity contribution in [1.29, 1.82) is 0 Å². The van der Waals surface area contributed by atoms with Gasteiger partial charge >= 0.3 is 6.09 Å². The first kappa shape index (κ1) is 19.9. The average molecular weight is 407 g/mol. The van der Waals surface area contributed by atoms with Crippen LogP contribution in [0.2, 0.25) is 0 Å². The first-order valence-corrected chi connectivity index (χ1v) is 10.9. The van der Waals surface area contributed by atoms with Crippen LogP contribution >= 0.6 is 23.1 Å². The van der Waals surface area contributed by atoms with Gasteiger partial charge in [-0.05, 0) is 30.4 Å². The van der Waals surface area contributed by atoms with Crippen LogP contribution < -0.4 is 5.32 Å². The van der Waals surface area contributed by atoms with Crippen LogP contribution in [0.25, 0.3) is 0 Å². The summed E-state index contributed by atoms with van der Waals surface area (Å²) in [5, 5.41) is 14.0. The molecule has 2 unspecified atom stereocenters. The van der Waals surface area contributed by atoms with Crippen molar-refractivity contribution in [1.82, 2.24) is 14.9 Å². The molecule has 2 atom stereocenters. The van der Waals surface area contributed by atoms with Crippen LogP contribution in [0.4, 0.5) is 9.93 Å². The number of piperidine rings is 1. The number of rotatable bonds is 5. The number of nitrogens with one attached hydrogen (secondary N) is 1. The van der Waals surface area contributed by atoms with E-state index in [2.05, 4.69) is 36.1 Å². The van der Waals surface area contributed by atoms with Crippen LogP contribution in [0, 0.1) is 5.41 Å². The molecule has 2 N–H and O–H groups in total. The van der Waals surface area contributed by atoms with Crippen molar-refractivity contribution in [2.45, 2.75) is 55.7 Å². The number of amides is 1. The SMILES string of the molecule is CC(C)(C)C1C(Nc2ncc(SCc3ccccn3)s2)CCCN1C(=O)O. The van der Waals surface area contributed by atoms with E-state index in [4.69, 9.17) is 0 Å². The lowest BCUT2D eigenvalue weighted by Crippen LogP contribution is -2.58. The van der Waals surface area contributed by atoms with Gasteiger partial charge in [-0.3, -0.25) is 4.98 Å². The zero-order valence-corrected chi connectivity index (χ0v) is 17.5. The van der Waals surface area contributed by atoms with Gasteiger partial charge < -0.3 is 15.3 Å². The lowest BCUT2D eigenvalue weighted by atomic mass is 9.78. The highest BCUT2D eigenvalue weighted by atomic mass is 32.2. The highest BCUT2D eigenvalue weighted by Crippen LogP contribution is 2.36. The molecule has 2 aromatic heterocycles. The highest BCUT2D eigenvalue weighted by Gasteiger charge is 2.42. The minimum absolute atomic E-state index is 0.0645. The summed E-state index contributed by atoms with van der Waals surface area (Å²) in [6, 6.07) is 5.90. The molecule has 0 saturated carbocycles. The van der Waals surface area contributed by atoms with Gasteiger partial charge in [-0.15, -0.1) is 11.8 Å². The van der Waals surface area contributed by atoms with Crippen molar-refractivity contribution < 1.29 is 9.90 Å². The first-order valence-electron chi connectivity index (χ1n) is 9.09. The fourth-order valence-corrected chi connectivity index (χ4v) is 5.46. The van der Waals surface area contributed by atoms with Crippen LogP contribution in [0.15, 0.2) is 34.8 Å². The maximum atomic E-state index is 11.7. The van der Waals surface area contributed by atoms with Gasteiger partial charge in [0.25, 0.3) is 0 Å². The predicted octanol–water partition coefficient (Wildman–Crippen LogP) is 4.80. The van der Waals surface area contributed by atoms with Gasteiger partial charge in [-0.1, -0.05) is 38.2 Å². The summed E-state index contributed by atoms with van der Waals surface area (Å²) in [4.78, 5) is 22.1. The van der Waals surface area contributed by atoms with Gasteiger partial charge in [0.1, 0.15) is 0 Å². The molecule has 8 heteroatoms. The zero-order valence-electron chi connectivity index (χ0n) is 15.9. The summed E-state index contributed by atoms with van der Waals surface area (Å²) < 4.78 is 1.13. The molecule has 0 aliphatic carbocycles. The Morgan fingerprint density at radius 2 is 2.22 bits per heavy atom. The number of anilines is 1. The topological polar surface area (TPSA) is 78.4 Å². The third-order valence-electron chi connectivity index (χ3n) is 4.65. The number of carboxylic acid groups (broad SMARTS) is 1. The van der Waals surface area contributed by atoms with Crippen LogP contribution in [0.3, 0.4) is 0 Å². The number of nitrogens with zero attached hydrogens (tertiary/aromatic N) is 3. The predicted molar refractivity (Wildman–Crippen MR) is 111 cm³/mol. The molecular formula is C19H26N4O2S2. The second-order valence-corrected chi connectivity index (χ2v) is 10.1. The summed E-state index contributed by atoms with van der Waals surface area (Å²) in [6.07, 6.45) is 4.65. The zero-order chi connectivity index (χ0) is 19.4. The normalized spacial score (nSPS) is 20.5. The van der Waals surface area contributed by atoms with Gasteiger partial charge in [0.2, 0.25) is 0 Å². The molecule has 1 saturated heterocycles. The third-order valence-corrected chi connectivity index (χ3v) is 6.80. The number of likely N-dealkylation sites (tertiary alicyclic amines) is 1. The fourth-order valence-electron chi connectivity index (χ4n) is 3.61. The molecule has 2 aromatic rings. The maximum absolute atomic E-state index is 11.7. The van der Waals surface area contributed by atoms with Gasteiger partial charge in [-0.25, -0.2) is 9.78 Å². The van der Waals surface area contributed by atoms with Crippen LogP contribution in [0.1, 0.15) is 39.3 Å². The summed E-state index contributed by atoms with van der Waals surface area (Å²) in [5.41, 5.74) is 0.896. The smallest absolute Gasteiger partial charge is 0.407 e. The van der Waals surface area contributed by atoms with E-state index in [1.807, 2.05) is 24.4 Å². The number of thiazole rings is 1. The monoisotopic (exact) mass is 406 g/mol. The molecule has 0 radical (unpaired) electrons. The molecule has 1 fully saturated rings. The van der Waals surface area contributed by atoms with E-state index in [-0.39, 0.29) is 17.5 Å². The van der Waals surface area contributed by atoms with Gasteiger partial charge in [0.15, 0.2) is 5.13 Å². The van der Waals surface area contributed by atoms with E-state index in [1.165, 1.54) is 0 Å². The summed E-state index contributed by atoms with van der Waals surface area (Å²) in [6.45, 7) is 6.90. The van der Waals surface area contributed by atoms with E-state index in [0.29, 0.717) is 6.54 Å². The lowest BCUT2D eigenvalue weighted by molar-refractivity contribution is 0.0519. The van der Waals surface area contributed by atoms with Crippen LogP contribution in [0.5, 0.6) is 0 Å². The Labute approximate surface area is 168 Å². The first-order chi connectivity index (χ1) is 12.8. The highest BCUT2D eigenvalue weighted by molar-refractivity contribution is 8.00. The number of hydrogen-bond acceptors (Lipinski definition) is 6. The average Bonchev–Trinajstić information content (AvgIpc) is 3.07. The molecule has 146 valence electrons. The van der Waals surface area contributed by atoms with Crippen molar-refractivity contribution in [2.24, 2.45) is 5.41 Å². The van der Waals surface area contributed by atoms with Crippen LogP contribution in [-0.4, -0.2) is 44.7 Å². The standard InChI is InChI=1S/C19H26N4O2S2/c1-19(2,3)16-14(8-6-10-23(16)18(24)25)22-17-21-11-15(27-17)26-12-13-7-4-5-9-20-13/h4-5,7,9,11,14,16H,6,8,10,12H2,1-3H3,(H,21,22)(H,24,25). The molecule has 0 spiro atoms. The number of aromatic nitrogens is 2. The Kier molecular flexibility index (Phi) is 6.26. The summed E-state index contributed by atoms with van der Waals surface area (Å²) in [5.74, 6) is 0.809.